The minimum atomic E-state index is -0.963. The van der Waals surface area contributed by atoms with E-state index in [4.69, 9.17) is 27.9 Å². The van der Waals surface area contributed by atoms with Crippen molar-refractivity contribution in [2.24, 2.45) is 0 Å². The van der Waals surface area contributed by atoms with Crippen LogP contribution in [0.4, 0.5) is 5.69 Å². The predicted molar refractivity (Wildman–Crippen MR) is 95.9 cm³/mol. The van der Waals surface area contributed by atoms with Gasteiger partial charge >= 0.3 is 5.97 Å². The van der Waals surface area contributed by atoms with Crippen molar-refractivity contribution in [3.8, 4) is 0 Å². The summed E-state index contributed by atoms with van der Waals surface area (Å²) in [6.07, 6.45) is -0.963. The highest BCUT2D eigenvalue weighted by atomic mass is 35.5. The Morgan fingerprint density at radius 3 is 2.29 bits per heavy atom. The second-order valence-corrected chi connectivity index (χ2v) is 6.39. The van der Waals surface area contributed by atoms with E-state index >= 15 is 0 Å². The summed E-state index contributed by atoms with van der Waals surface area (Å²) >= 11 is 11.8. The van der Waals surface area contributed by atoms with Crippen LogP contribution in [0, 0.1) is 13.8 Å². The molecule has 0 saturated heterocycles. The number of amides is 1. The largest absolute Gasteiger partial charge is 0.449 e. The summed E-state index contributed by atoms with van der Waals surface area (Å²) in [5, 5.41) is 3.42. The van der Waals surface area contributed by atoms with Crippen LogP contribution in [0.5, 0.6) is 0 Å². The Balaban J connectivity index is 2.05. The lowest BCUT2D eigenvalue weighted by Crippen LogP contribution is -2.30. The van der Waals surface area contributed by atoms with Gasteiger partial charge in [0.1, 0.15) is 0 Å². The highest BCUT2D eigenvalue weighted by molar-refractivity contribution is 6.35. The molecule has 1 atom stereocenters. The van der Waals surface area contributed by atoms with Gasteiger partial charge in [0.15, 0.2) is 6.10 Å². The van der Waals surface area contributed by atoms with Crippen LogP contribution in [-0.4, -0.2) is 18.0 Å². The van der Waals surface area contributed by atoms with Gasteiger partial charge in [-0.2, -0.15) is 0 Å². The normalized spacial score (nSPS) is 11.7. The Bertz CT molecular complexity index is 770. The number of nitrogens with one attached hydrogen (secondary N) is 1. The maximum Gasteiger partial charge on any atom is 0.339 e. The van der Waals surface area contributed by atoms with Crippen molar-refractivity contribution in [3.05, 3.63) is 63.1 Å². The molecule has 1 N–H and O–H groups in total. The average molecular weight is 366 g/mol. The minimum absolute atomic E-state index is 0.401. The van der Waals surface area contributed by atoms with Gasteiger partial charge in [0, 0.05) is 15.7 Å². The molecule has 0 unspecified atom stereocenters. The fraction of sp³-hybridized carbons (Fsp3) is 0.222. The van der Waals surface area contributed by atoms with Gasteiger partial charge in [0.05, 0.1) is 5.56 Å². The molecule has 2 rings (SSSR count). The number of aryl methyl sites for hydroxylation is 2. The van der Waals surface area contributed by atoms with Gasteiger partial charge < -0.3 is 10.1 Å². The lowest BCUT2D eigenvalue weighted by atomic mass is 10.1. The fourth-order valence-electron chi connectivity index (χ4n) is 2.10. The molecule has 4 nitrogen and oxygen atoms in total. The molecule has 126 valence electrons. The van der Waals surface area contributed by atoms with Crippen molar-refractivity contribution in [2.75, 3.05) is 5.32 Å². The second kappa shape index (κ2) is 7.69. The summed E-state index contributed by atoms with van der Waals surface area (Å²) in [6, 6.07) is 10.2. The zero-order chi connectivity index (χ0) is 17.9. The van der Waals surface area contributed by atoms with Gasteiger partial charge in [-0.1, -0.05) is 40.9 Å². The van der Waals surface area contributed by atoms with Gasteiger partial charge in [-0.05, 0) is 50.6 Å². The van der Waals surface area contributed by atoms with E-state index in [0.29, 0.717) is 21.3 Å². The van der Waals surface area contributed by atoms with Gasteiger partial charge in [0.2, 0.25) is 0 Å². The number of anilines is 1. The number of halogens is 2. The van der Waals surface area contributed by atoms with E-state index in [1.165, 1.54) is 6.92 Å². The Hall–Kier alpha value is -2.04. The Kier molecular flexibility index (Phi) is 5.86. The molecule has 0 radical (unpaired) electrons. The van der Waals surface area contributed by atoms with Crippen molar-refractivity contribution >= 4 is 40.8 Å². The Morgan fingerprint density at radius 2 is 1.67 bits per heavy atom. The molecule has 0 fully saturated rings. The highest BCUT2D eigenvalue weighted by Crippen LogP contribution is 2.22. The first kappa shape index (κ1) is 18.3. The molecule has 0 spiro atoms. The zero-order valence-corrected chi connectivity index (χ0v) is 15.0. The number of carbonyl (C=O) groups excluding carboxylic acids is 2. The van der Waals surface area contributed by atoms with Gasteiger partial charge in [0.25, 0.3) is 5.91 Å². The molecular formula is C18H17Cl2NO3. The number of benzene rings is 2. The summed E-state index contributed by atoms with van der Waals surface area (Å²) in [5.74, 6) is -1.00. The van der Waals surface area contributed by atoms with E-state index < -0.39 is 18.0 Å². The number of esters is 1. The van der Waals surface area contributed by atoms with Crippen LogP contribution in [0.15, 0.2) is 36.4 Å². The number of hydrogen-bond acceptors (Lipinski definition) is 3. The van der Waals surface area contributed by atoms with Crippen molar-refractivity contribution in [3.63, 3.8) is 0 Å². The maximum atomic E-state index is 12.2. The first-order valence-corrected chi connectivity index (χ1v) is 8.07. The molecule has 0 aliphatic rings. The molecule has 1 amide bonds. The van der Waals surface area contributed by atoms with Crippen LogP contribution in [0.25, 0.3) is 0 Å². The number of ether oxygens (including phenoxy) is 1. The maximum absolute atomic E-state index is 12.2. The van der Waals surface area contributed by atoms with Crippen LogP contribution >= 0.6 is 23.2 Å². The SMILES string of the molecule is Cc1ccc(C)c(C(=O)O[C@@H](C)C(=O)Nc2cc(Cl)cc(Cl)c2)c1. The average Bonchev–Trinajstić information content (AvgIpc) is 2.48. The summed E-state index contributed by atoms with van der Waals surface area (Å²) in [7, 11) is 0. The Labute approximate surface area is 150 Å². The third-order valence-electron chi connectivity index (χ3n) is 3.40. The molecule has 0 aliphatic carbocycles. The lowest BCUT2D eigenvalue weighted by Gasteiger charge is -2.15. The van der Waals surface area contributed by atoms with Crippen molar-refractivity contribution in [1.29, 1.82) is 0 Å². The Morgan fingerprint density at radius 1 is 1.04 bits per heavy atom. The van der Waals surface area contributed by atoms with Gasteiger partial charge in [-0.3, -0.25) is 4.79 Å². The molecule has 0 aliphatic heterocycles. The third kappa shape index (κ3) is 4.73. The molecule has 0 saturated carbocycles. The first-order chi connectivity index (χ1) is 11.3. The predicted octanol–water partition coefficient (Wildman–Crippen LogP) is 4.79. The summed E-state index contributed by atoms with van der Waals surface area (Å²) < 4.78 is 5.25. The molecule has 24 heavy (non-hydrogen) atoms. The van der Waals surface area contributed by atoms with Gasteiger partial charge in [-0.15, -0.1) is 0 Å². The number of carbonyl (C=O) groups is 2. The second-order valence-electron chi connectivity index (χ2n) is 5.51. The zero-order valence-electron chi connectivity index (χ0n) is 13.5. The van der Waals surface area contributed by atoms with Crippen molar-refractivity contribution < 1.29 is 14.3 Å². The van der Waals surface area contributed by atoms with Crippen LogP contribution in [0.2, 0.25) is 10.0 Å². The smallest absolute Gasteiger partial charge is 0.339 e. The van der Waals surface area contributed by atoms with E-state index in [1.54, 1.807) is 24.3 Å². The van der Waals surface area contributed by atoms with Crippen LogP contribution < -0.4 is 5.32 Å². The van der Waals surface area contributed by atoms with Crippen LogP contribution in [0.3, 0.4) is 0 Å². The van der Waals surface area contributed by atoms with E-state index in [2.05, 4.69) is 5.32 Å². The molecule has 0 aromatic heterocycles. The standard InChI is InChI=1S/C18H17Cl2NO3/c1-10-4-5-11(2)16(6-10)18(23)24-12(3)17(22)21-15-8-13(19)7-14(20)9-15/h4-9,12H,1-3H3,(H,21,22)/t12-/m0/s1. The van der Waals surface area contributed by atoms with Crippen LogP contribution in [-0.2, 0) is 9.53 Å². The molecular weight excluding hydrogens is 349 g/mol. The van der Waals surface area contributed by atoms with E-state index in [0.717, 1.165) is 11.1 Å². The summed E-state index contributed by atoms with van der Waals surface area (Å²) in [4.78, 5) is 24.4. The van der Waals surface area contributed by atoms with Gasteiger partial charge in [-0.25, -0.2) is 4.79 Å². The molecule has 6 heteroatoms. The minimum Gasteiger partial charge on any atom is -0.449 e. The molecule has 0 heterocycles. The van der Waals surface area contributed by atoms with E-state index in [9.17, 15) is 9.59 Å². The fourth-order valence-corrected chi connectivity index (χ4v) is 2.63. The van der Waals surface area contributed by atoms with Crippen molar-refractivity contribution in [2.45, 2.75) is 26.9 Å². The summed E-state index contributed by atoms with van der Waals surface area (Å²) in [5.41, 5.74) is 2.62. The lowest BCUT2D eigenvalue weighted by molar-refractivity contribution is -0.123. The van der Waals surface area contributed by atoms with Crippen molar-refractivity contribution in [1.82, 2.24) is 0 Å². The topological polar surface area (TPSA) is 55.4 Å². The molecule has 0 bridgehead atoms. The van der Waals surface area contributed by atoms with E-state index in [1.807, 2.05) is 26.0 Å². The van der Waals surface area contributed by atoms with Crippen LogP contribution in [0.1, 0.15) is 28.4 Å². The highest BCUT2D eigenvalue weighted by Gasteiger charge is 2.20. The van der Waals surface area contributed by atoms with E-state index in [-0.39, 0.29) is 0 Å². The number of hydrogen-bond donors (Lipinski definition) is 1. The molecule has 2 aromatic carbocycles. The third-order valence-corrected chi connectivity index (χ3v) is 3.83. The molecule has 2 aromatic rings. The quantitative estimate of drug-likeness (QED) is 0.792. The first-order valence-electron chi connectivity index (χ1n) is 7.31. The summed E-state index contributed by atoms with van der Waals surface area (Å²) in [6.45, 7) is 5.20. The monoisotopic (exact) mass is 365 g/mol. The number of rotatable bonds is 4.